The zero-order valence-electron chi connectivity index (χ0n) is 18.2. The fraction of sp³-hybridized carbons (Fsp3) is 0.440. The van der Waals surface area contributed by atoms with E-state index in [1.165, 1.54) is 32.2 Å². The Labute approximate surface area is 194 Å². The lowest BCUT2D eigenvalue weighted by Crippen LogP contribution is -2.53. The second-order valence-corrected chi connectivity index (χ2v) is 9.39. The minimum atomic E-state index is -0.232. The minimum absolute atomic E-state index is 0.0131. The number of piperazine rings is 1. The first-order valence-electron chi connectivity index (χ1n) is 11.6. The molecule has 32 heavy (non-hydrogen) atoms. The van der Waals surface area contributed by atoms with Crippen molar-refractivity contribution in [2.75, 3.05) is 42.9 Å². The first-order valence-corrected chi connectivity index (χ1v) is 12.0. The van der Waals surface area contributed by atoms with E-state index in [9.17, 15) is 9.59 Å². The predicted molar refractivity (Wildman–Crippen MR) is 128 cm³/mol. The SMILES string of the molecule is O=C1Nc2cc(Cl)ccc2N(C(=O)CCN2CCN3CCCCCC3C2)c2ccccc21. The largest absolute Gasteiger partial charge is 0.320 e. The van der Waals surface area contributed by atoms with Gasteiger partial charge in [0.15, 0.2) is 0 Å². The van der Waals surface area contributed by atoms with E-state index in [1.807, 2.05) is 24.3 Å². The van der Waals surface area contributed by atoms with Gasteiger partial charge in [-0.15, -0.1) is 0 Å². The normalized spacial score (nSPS) is 21.6. The molecule has 168 valence electrons. The van der Waals surface area contributed by atoms with Crippen LogP contribution in [0.25, 0.3) is 0 Å². The Morgan fingerprint density at radius 1 is 1.03 bits per heavy atom. The molecule has 0 aliphatic carbocycles. The van der Waals surface area contributed by atoms with Gasteiger partial charge in [0, 0.05) is 43.7 Å². The Hall–Kier alpha value is -2.41. The Kier molecular flexibility index (Phi) is 6.17. The number of nitrogens with zero attached hydrogens (tertiary/aromatic N) is 3. The highest BCUT2D eigenvalue weighted by atomic mass is 35.5. The Morgan fingerprint density at radius 2 is 1.91 bits per heavy atom. The number of fused-ring (bicyclic) bond motifs is 3. The second kappa shape index (κ2) is 9.22. The molecule has 2 saturated heterocycles. The van der Waals surface area contributed by atoms with Crippen LogP contribution in [0.2, 0.25) is 5.02 Å². The molecule has 0 spiro atoms. The molecule has 1 atom stereocenters. The number of anilines is 3. The third kappa shape index (κ3) is 4.27. The van der Waals surface area contributed by atoms with Crippen LogP contribution in [0.4, 0.5) is 17.1 Å². The third-order valence-corrected chi connectivity index (χ3v) is 7.14. The fourth-order valence-electron chi connectivity index (χ4n) is 5.22. The predicted octanol–water partition coefficient (Wildman–Crippen LogP) is 4.52. The maximum Gasteiger partial charge on any atom is 0.257 e. The number of hydrogen-bond donors (Lipinski definition) is 1. The van der Waals surface area contributed by atoms with Gasteiger partial charge in [-0.2, -0.15) is 0 Å². The summed E-state index contributed by atoms with van der Waals surface area (Å²) in [6.07, 6.45) is 5.59. The minimum Gasteiger partial charge on any atom is -0.320 e. The molecule has 7 heteroatoms. The van der Waals surface area contributed by atoms with E-state index in [-0.39, 0.29) is 11.8 Å². The van der Waals surface area contributed by atoms with E-state index >= 15 is 0 Å². The monoisotopic (exact) mass is 452 g/mol. The number of benzene rings is 2. The molecule has 0 bridgehead atoms. The molecular weight excluding hydrogens is 424 g/mol. The summed E-state index contributed by atoms with van der Waals surface area (Å²) >= 11 is 6.18. The van der Waals surface area contributed by atoms with Gasteiger partial charge in [0.2, 0.25) is 5.91 Å². The molecule has 3 aliphatic heterocycles. The van der Waals surface area contributed by atoms with Crippen LogP contribution in [0, 0.1) is 0 Å². The van der Waals surface area contributed by atoms with E-state index in [0.29, 0.717) is 40.1 Å². The Bertz CT molecular complexity index is 1030. The van der Waals surface area contributed by atoms with Crippen molar-refractivity contribution < 1.29 is 9.59 Å². The average molecular weight is 453 g/mol. The van der Waals surface area contributed by atoms with E-state index in [1.54, 1.807) is 23.1 Å². The van der Waals surface area contributed by atoms with Gasteiger partial charge >= 0.3 is 0 Å². The summed E-state index contributed by atoms with van der Waals surface area (Å²) in [7, 11) is 0. The number of carbonyl (C=O) groups excluding carboxylic acids is 2. The van der Waals surface area contributed by atoms with Gasteiger partial charge in [-0.05, 0) is 49.7 Å². The number of rotatable bonds is 3. The Balaban J connectivity index is 1.36. The molecule has 1 unspecified atom stereocenters. The quantitative estimate of drug-likeness (QED) is 0.743. The maximum absolute atomic E-state index is 13.6. The van der Waals surface area contributed by atoms with Gasteiger partial charge in [0.05, 0.1) is 22.6 Å². The third-order valence-electron chi connectivity index (χ3n) is 6.90. The zero-order valence-corrected chi connectivity index (χ0v) is 19.0. The summed E-state index contributed by atoms with van der Waals surface area (Å²) in [6, 6.07) is 13.1. The van der Waals surface area contributed by atoms with Crippen LogP contribution >= 0.6 is 11.6 Å². The standard InChI is InChI=1S/C25H29ClN4O2/c26-18-9-10-23-21(16-18)27-25(32)20-7-3-4-8-22(20)30(23)24(31)11-13-28-14-15-29-12-5-1-2-6-19(29)17-28/h3-4,7-10,16,19H,1-2,5-6,11-15,17H2,(H,27,32). The zero-order chi connectivity index (χ0) is 22.1. The van der Waals surface area contributed by atoms with Crippen LogP contribution in [0.5, 0.6) is 0 Å². The number of nitrogens with one attached hydrogen (secondary N) is 1. The van der Waals surface area contributed by atoms with Crippen LogP contribution in [0.3, 0.4) is 0 Å². The molecular formula is C25H29ClN4O2. The van der Waals surface area contributed by atoms with Crippen LogP contribution in [-0.2, 0) is 4.79 Å². The first kappa shape index (κ1) is 21.4. The smallest absolute Gasteiger partial charge is 0.257 e. The van der Waals surface area contributed by atoms with Gasteiger partial charge in [-0.3, -0.25) is 24.3 Å². The highest BCUT2D eigenvalue weighted by Gasteiger charge is 2.31. The lowest BCUT2D eigenvalue weighted by Gasteiger charge is -2.40. The van der Waals surface area contributed by atoms with Crippen molar-refractivity contribution in [2.45, 2.75) is 38.1 Å². The molecule has 5 rings (SSSR count). The van der Waals surface area contributed by atoms with Gasteiger partial charge < -0.3 is 5.32 Å². The van der Waals surface area contributed by atoms with Crippen molar-refractivity contribution in [2.24, 2.45) is 0 Å². The maximum atomic E-state index is 13.6. The number of para-hydroxylation sites is 1. The van der Waals surface area contributed by atoms with Gasteiger partial charge in [-0.1, -0.05) is 36.6 Å². The number of halogens is 1. The van der Waals surface area contributed by atoms with Crippen molar-refractivity contribution in [3.63, 3.8) is 0 Å². The summed E-state index contributed by atoms with van der Waals surface area (Å²) < 4.78 is 0. The summed E-state index contributed by atoms with van der Waals surface area (Å²) in [5.41, 5.74) is 2.32. The van der Waals surface area contributed by atoms with Crippen molar-refractivity contribution >= 4 is 40.5 Å². The summed E-state index contributed by atoms with van der Waals surface area (Å²) in [6.45, 7) is 5.07. The molecule has 0 radical (unpaired) electrons. The Morgan fingerprint density at radius 3 is 2.81 bits per heavy atom. The molecule has 2 amide bonds. The van der Waals surface area contributed by atoms with E-state index in [2.05, 4.69) is 15.1 Å². The lowest BCUT2D eigenvalue weighted by atomic mass is 10.1. The second-order valence-electron chi connectivity index (χ2n) is 8.95. The summed E-state index contributed by atoms with van der Waals surface area (Å²) in [5.74, 6) is -0.246. The molecule has 0 saturated carbocycles. The number of hydrogen-bond acceptors (Lipinski definition) is 4. The van der Waals surface area contributed by atoms with Crippen LogP contribution in [0.1, 0.15) is 42.5 Å². The molecule has 2 aromatic carbocycles. The van der Waals surface area contributed by atoms with Gasteiger partial charge in [0.25, 0.3) is 5.91 Å². The van der Waals surface area contributed by atoms with E-state index in [0.717, 1.165) is 26.2 Å². The number of carbonyl (C=O) groups is 2. The highest BCUT2D eigenvalue weighted by Crippen LogP contribution is 2.39. The molecule has 2 aromatic rings. The van der Waals surface area contributed by atoms with E-state index < -0.39 is 0 Å². The molecule has 2 fully saturated rings. The summed E-state index contributed by atoms with van der Waals surface area (Å²) in [4.78, 5) is 33.1. The van der Waals surface area contributed by atoms with Crippen LogP contribution in [-0.4, -0.2) is 60.4 Å². The van der Waals surface area contributed by atoms with Crippen LogP contribution < -0.4 is 10.2 Å². The highest BCUT2D eigenvalue weighted by molar-refractivity contribution is 6.31. The van der Waals surface area contributed by atoms with Crippen molar-refractivity contribution in [1.82, 2.24) is 9.80 Å². The van der Waals surface area contributed by atoms with Gasteiger partial charge in [0.1, 0.15) is 0 Å². The molecule has 3 heterocycles. The molecule has 6 nitrogen and oxygen atoms in total. The topological polar surface area (TPSA) is 55.9 Å². The van der Waals surface area contributed by atoms with Crippen molar-refractivity contribution in [1.29, 1.82) is 0 Å². The fourth-order valence-corrected chi connectivity index (χ4v) is 5.39. The van der Waals surface area contributed by atoms with E-state index in [4.69, 9.17) is 11.6 Å². The van der Waals surface area contributed by atoms with Crippen molar-refractivity contribution in [3.05, 3.63) is 53.1 Å². The van der Waals surface area contributed by atoms with Gasteiger partial charge in [-0.25, -0.2) is 0 Å². The van der Waals surface area contributed by atoms with Crippen molar-refractivity contribution in [3.8, 4) is 0 Å². The number of amides is 2. The molecule has 3 aliphatic rings. The molecule has 1 N–H and O–H groups in total. The van der Waals surface area contributed by atoms with Crippen LogP contribution in [0.15, 0.2) is 42.5 Å². The average Bonchev–Trinajstić information content (AvgIpc) is 3.10. The first-order chi connectivity index (χ1) is 15.6. The lowest BCUT2D eigenvalue weighted by molar-refractivity contribution is -0.118. The molecule has 0 aromatic heterocycles. The summed E-state index contributed by atoms with van der Waals surface area (Å²) in [5, 5.41) is 3.43.